The molecule has 0 fully saturated rings. The number of hydrogen-bond donors (Lipinski definition) is 1. The van der Waals surface area contributed by atoms with Gasteiger partial charge in [0.05, 0.1) is 23.7 Å². The number of benzene rings is 2. The maximum atomic E-state index is 12.7. The largest absolute Gasteiger partial charge is 0.372 e. The van der Waals surface area contributed by atoms with Gasteiger partial charge >= 0.3 is 0 Å². The lowest BCUT2D eigenvalue weighted by molar-refractivity contribution is 0.117. The quantitative estimate of drug-likeness (QED) is 0.431. The first kappa shape index (κ1) is 20.6. The Balaban J connectivity index is 1.84. The van der Waals surface area contributed by atoms with Gasteiger partial charge in [-0.15, -0.1) is 11.3 Å². The molecule has 1 atom stereocenters. The molecule has 0 aliphatic carbocycles. The zero-order valence-corrected chi connectivity index (χ0v) is 18.9. The number of rotatable bonds is 4. The van der Waals surface area contributed by atoms with E-state index in [-0.39, 0.29) is 5.56 Å². The van der Waals surface area contributed by atoms with Crippen LogP contribution in [0.1, 0.15) is 16.3 Å². The predicted molar refractivity (Wildman–Crippen MR) is 127 cm³/mol. The van der Waals surface area contributed by atoms with Gasteiger partial charge < -0.3 is 14.2 Å². The number of pyridine rings is 1. The molecule has 0 amide bonds. The summed E-state index contributed by atoms with van der Waals surface area (Å²) in [6.45, 7) is 0. The monoisotopic (exact) mass is 462 g/mol. The van der Waals surface area contributed by atoms with Crippen LogP contribution < -0.4 is 5.56 Å². The fourth-order valence-corrected chi connectivity index (χ4v) is 5.03. The molecule has 1 N–H and O–H groups in total. The second-order valence-electron chi connectivity index (χ2n) is 7.63. The topological polar surface area (TPSA) is 72.9 Å². The first-order valence-electron chi connectivity index (χ1n) is 9.89. The van der Waals surface area contributed by atoms with Crippen molar-refractivity contribution in [3.63, 3.8) is 0 Å². The minimum absolute atomic E-state index is 0.123. The molecule has 5 rings (SSSR count). The normalized spacial score (nSPS) is 13.4. The number of aliphatic hydroxyl groups is 1. The maximum absolute atomic E-state index is 12.7. The molecule has 0 saturated heterocycles. The number of thiazole rings is 1. The summed E-state index contributed by atoms with van der Waals surface area (Å²) in [7, 11) is 3.57. The molecule has 0 spiro atoms. The highest BCUT2D eigenvalue weighted by Gasteiger charge is 2.39. The second kappa shape index (κ2) is 7.70. The molecule has 1 unspecified atom stereocenters. The van der Waals surface area contributed by atoms with Crippen LogP contribution >= 0.6 is 22.9 Å². The molecular formula is C24H19ClN4O2S. The van der Waals surface area contributed by atoms with E-state index in [4.69, 9.17) is 11.6 Å². The summed E-state index contributed by atoms with van der Waals surface area (Å²) in [6.07, 6.45) is 4.96. The van der Waals surface area contributed by atoms with Gasteiger partial charge in [-0.05, 0) is 41.0 Å². The van der Waals surface area contributed by atoms with Gasteiger partial charge in [-0.25, -0.2) is 9.97 Å². The Morgan fingerprint density at radius 3 is 2.66 bits per heavy atom. The van der Waals surface area contributed by atoms with E-state index in [1.54, 1.807) is 47.0 Å². The van der Waals surface area contributed by atoms with Gasteiger partial charge in [-0.3, -0.25) is 4.79 Å². The molecule has 8 heteroatoms. The van der Waals surface area contributed by atoms with Crippen LogP contribution in [0.3, 0.4) is 0 Å². The van der Waals surface area contributed by atoms with Crippen molar-refractivity contribution in [3.05, 3.63) is 104 Å². The Kier molecular flexibility index (Phi) is 4.97. The molecule has 6 nitrogen and oxygen atoms in total. The summed E-state index contributed by atoms with van der Waals surface area (Å²) in [5.41, 5.74) is 1.93. The van der Waals surface area contributed by atoms with Crippen molar-refractivity contribution in [1.29, 1.82) is 0 Å². The van der Waals surface area contributed by atoms with E-state index < -0.39 is 5.60 Å². The molecule has 32 heavy (non-hydrogen) atoms. The molecular weight excluding hydrogens is 444 g/mol. The summed E-state index contributed by atoms with van der Waals surface area (Å²) < 4.78 is 3.38. The van der Waals surface area contributed by atoms with E-state index in [1.165, 1.54) is 11.3 Å². The van der Waals surface area contributed by atoms with Gasteiger partial charge in [0.2, 0.25) is 0 Å². The zero-order valence-electron chi connectivity index (χ0n) is 17.4. The number of aryl methyl sites for hydroxylation is 2. The summed E-state index contributed by atoms with van der Waals surface area (Å²) >= 11 is 7.60. The molecule has 160 valence electrons. The molecule has 3 aromatic heterocycles. The Hall–Kier alpha value is -3.26. The van der Waals surface area contributed by atoms with Gasteiger partial charge in [0, 0.05) is 42.1 Å². The number of fused-ring (bicyclic) bond motifs is 1. The van der Waals surface area contributed by atoms with E-state index in [2.05, 4.69) is 9.97 Å². The van der Waals surface area contributed by atoms with E-state index in [0.29, 0.717) is 21.3 Å². The summed E-state index contributed by atoms with van der Waals surface area (Å²) in [4.78, 5) is 21.3. The minimum Gasteiger partial charge on any atom is -0.372 e. The van der Waals surface area contributed by atoms with E-state index in [0.717, 1.165) is 22.0 Å². The van der Waals surface area contributed by atoms with Crippen LogP contribution in [0.2, 0.25) is 5.02 Å². The van der Waals surface area contributed by atoms with Gasteiger partial charge in [-0.2, -0.15) is 0 Å². The number of hydrogen-bond acceptors (Lipinski definition) is 5. The average molecular weight is 463 g/mol. The molecule has 0 bridgehead atoms. The van der Waals surface area contributed by atoms with Crippen LogP contribution in [-0.4, -0.2) is 24.2 Å². The highest BCUT2D eigenvalue weighted by Crippen LogP contribution is 2.39. The number of imidazole rings is 1. The lowest BCUT2D eigenvalue weighted by Crippen LogP contribution is -2.31. The number of halogens is 1. The smallest absolute Gasteiger partial charge is 0.251 e. The van der Waals surface area contributed by atoms with Gasteiger partial charge in [0.15, 0.2) is 5.60 Å². The van der Waals surface area contributed by atoms with Crippen molar-refractivity contribution in [1.82, 2.24) is 19.1 Å². The maximum Gasteiger partial charge on any atom is 0.251 e. The molecule has 0 saturated carbocycles. The summed E-state index contributed by atoms with van der Waals surface area (Å²) in [6, 6.07) is 14.6. The first-order chi connectivity index (χ1) is 15.4. The highest BCUT2D eigenvalue weighted by molar-refractivity contribution is 7.09. The zero-order chi connectivity index (χ0) is 22.5. The first-order valence-corrected chi connectivity index (χ1v) is 11.1. The third kappa shape index (κ3) is 3.17. The minimum atomic E-state index is -1.51. The average Bonchev–Trinajstić information content (AvgIpc) is 3.48. The van der Waals surface area contributed by atoms with E-state index >= 15 is 0 Å². The number of nitrogens with zero attached hydrogens (tertiary/aromatic N) is 4. The van der Waals surface area contributed by atoms with Crippen LogP contribution in [0.15, 0.2) is 77.4 Å². The predicted octanol–water partition coefficient (Wildman–Crippen LogP) is 4.33. The summed E-state index contributed by atoms with van der Waals surface area (Å²) in [5, 5.41) is 15.8. The van der Waals surface area contributed by atoms with Crippen LogP contribution in [0.5, 0.6) is 0 Å². The molecule has 2 aromatic carbocycles. The highest BCUT2D eigenvalue weighted by atomic mass is 35.5. The Labute approximate surface area is 193 Å². The van der Waals surface area contributed by atoms with E-state index in [9.17, 15) is 9.90 Å². The lowest BCUT2D eigenvalue weighted by Gasteiger charge is -2.27. The Bertz CT molecular complexity index is 1510. The van der Waals surface area contributed by atoms with Gasteiger partial charge in [0.25, 0.3) is 5.56 Å². The molecule has 0 aliphatic heterocycles. The van der Waals surface area contributed by atoms with Gasteiger partial charge in [0.1, 0.15) is 5.01 Å². The third-order valence-corrected chi connectivity index (χ3v) is 6.85. The molecule has 3 heterocycles. The third-order valence-electron chi connectivity index (χ3n) is 5.73. The van der Waals surface area contributed by atoms with Gasteiger partial charge in [-0.1, -0.05) is 29.8 Å². The Morgan fingerprint density at radius 1 is 1.12 bits per heavy atom. The molecule has 0 radical (unpaired) electrons. The van der Waals surface area contributed by atoms with Crippen LogP contribution in [0, 0.1) is 0 Å². The number of aromatic nitrogens is 4. The van der Waals surface area contributed by atoms with Crippen molar-refractivity contribution in [3.8, 4) is 11.1 Å². The fourth-order valence-electron chi connectivity index (χ4n) is 4.07. The fraction of sp³-hybridized carbons (Fsp3) is 0.125. The SMILES string of the molecule is Cn1cncc1C(O)(c1ccc2c(c1)c(-c1cccc(Cl)c1)cc(=O)n2C)c1nccs1. The van der Waals surface area contributed by atoms with Crippen molar-refractivity contribution in [2.75, 3.05) is 0 Å². The van der Waals surface area contributed by atoms with Crippen molar-refractivity contribution in [2.24, 2.45) is 14.1 Å². The van der Waals surface area contributed by atoms with E-state index in [1.807, 2.05) is 48.8 Å². The van der Waals surface area contributed by atoms with Crippen LogP contribution in [-0.2, 0) is 19.7 Å². The van der Waals surface area contributed by atoms with Crippen LogP contribution in [0.4, 0.5) is 0 Å². The van der Waals surface area contributed by atoms with Crippen molar-refractivity contribution in [2.45, 2.75) is 5.60 Å². The van der Waals surface area contributed by atoms with Crippen LogP contribution in [0.25, 0.3) is 22.0 Å². The van der Waals surface area contributed by atoms with Crippen molar-refractivity contribution < 1.29 is 5.11 Å². The summed E-state index contributed by atoms with van der Waals surface area (Å²) in [5.74, 6) is 0. The molecule has 5 aromatic rings. The standard InChI is InChI=1S/C24H19ClN4O2S/c1-28-14-26-13-21(28)24(31,23-27-8-9-32-23)16-6-7-20-19(11-16)18(12-22(30)29(20)2)15-4-3-5-17(25)10-15/h3-14,31H,1-2H3. The van der Waals surface area contributed by atoms with Crippen molar-refractivity contribution >= 4 is 33.8 Å². The molecule has 0 aliphatic rings. The Morgan fingerprint density at radius 2 is 1.97 bits per heavy atom. The second-order valence-corrected chi connectivity index (χ2v) is 8.97. The lowest BCUT2D eigenvalue weighted by atomic mass is 9.88.